The smallest absolute Gasteiger partial charge is 0.385 e. The second-order valence-corrected chi connectivity index (χ2v) is 4.45. The standard InChI is InChI=1S/C10H20F3NO/c1-9(2,5-7-15-3)8-14-6-4-10(11,12)13/h14H,4-8H2,1-3H3. The Labute approximate surface area is 89.2 Å². The van der Waals surface area contributed by atoms with Gasteiger partial charge in [0.2, 0.25) is 0 Å². The molecular formula is C10H20F3NO. The van der Waals surface area contributed by atoms with Crippen molar-refractivity contribution in [3.8, 4) is 0 Å². The van der Waals surface area contributed by atoms with E-state index in [0.29, 0.717) is 13.2 Å². The lowest BCUT2D eigenvalue weighted by Crippen LogP contribution is -2.32. The Kier molecular flexibility index (Phi) is 6.20. The molecule has 0 bridgehead atoms. The summed E-state index contributed by atoms with van der Waals surface area (Å²) in [4.78, 5) is 0. The molecule has 0 aromatic heterocycles. The zero-order valence-corrected chi connectivity index (χ0v) is 9.58. The van der Waals surface area contributed by atoms with Gasteiger partial charge in [-0.2, -0.15) is 13.2 Å². The molecule has 0 aliphatic carbocycles. The van der Waals surface area contributed by atoms with Gasteiger partial charge in [-0.25, -0.2) is 0 Å². The Bertz CT molecular complexity index is 169. The highest BCUT2D eigenvalue weighted by atomic mass is 19.4. The summed E-state index contributed by atoms with van der Waals surface area (Å²) in [5.41, 5.74) is -0.0262. The lowest BCUT2D eigenvalue weighted by molar-refractivity contribution is -0.133. The number of ether oxygens (including phenoxy) is 1. The van der Waals surface area contributed by atoms with Crippen molar-refractivity contribution in [2.75, 3.05) is 26.8 Å². The molecule has 2 nitrogen and oxygen atoms in total. The van der Waals surface area contributed by atoms with E-state index >= 15 is 0 Å². The van der Waals surface area contributed by atoms with Crippen LogP contribution in [0.15, 0.2) is 0 Å². The molecule has 0 saturated carbocycles. The molecule has 0 saturated heterocycles. The summed E-state index contributed by atoms with van der Waals surface area (Å²) in [6, 6.07) is 0. The van der Waals surface area contributed by atoms with E-state index < -0.39 is 12.6 Å². The number of halogens is 3. The maximum absolute atomic E-state index is 11.8. The van der Waals surface area contributed by atoms with E-state index in [4.69, 9.17) is 4.74 Å². The van der Waals surface area contributed by atoms with Crippen LogP contribution < -0.4 is 5.32 Å². The number of nitrogens with one attached hydrogen (secondary N) is 1. The van der Waals surface area contributed by atoms with Crippen LogP contribution in [0.25, 0.3) is 0 Å². The van der Waals surface area contributed by atoms with Crippen molar-refractivity contribution in [2.45, 2.75) is 32.9 Å². The summed E-state index contributed by atoms with van der Waals surface area (Å²) in [6.45, 7) is 5.21. The highest BCUT2D eigenvalue weighted by Gasteiger charge is 2.26. The summed E-state index contributed by atoms with van der Waals surface area (Å²) in [7, 11) is 1.62. The fraction of sp³-hybridized carbons (Fsp3) is 1.00. The van der Waals surface area contributed by atoms with Crippen LogP contribution in [0.1, 0.15) is 26.7 Å². The molecule has 0 aliphatic heterocycles. The zero-order valence-electron chi connectivity index (χ0n) is 9.58. The predicted octanol–water partition coefficient (Wildman–Crippen LogP) is 2.59. The van der Waals surface area contributed by atoms with E-state index in [-0.39, 0.29) is 12.0 Å². The zero-order chi connectivity index (χ0) is 11.9. The number of rotatable bonds is 7. The van der Waals surface area contributed by atoms with Crippen LogP contribution in [0.5, 0.6) is 0 Å². The van der Waals surface area contributed by atoms with Gasteiger partial charge in [0.1, 0.15) is 0 Å². The summed E-state index contributed by atoms with van der Waals surface area (Å²) in [5.74, 6) is 0. The maximum atomic E-state index is 11.8. The molecule has 0 atom stereocenters. The first-order chi connectivity index (χ1) is 6.77. The minimum absolute atomic E-state index is 0.0140. The molecule has 0 spiro atoms. The van der Waals surface area contributed by atoms with Gasteiger partial charge in [-0.3, -0.25) is 0 Å². The van der Waals surface area contributed by atoms with Gasteiger partial charge in [0.25, 0.3) is 0 Å². The monoisotopic (exact) mass is 227 g/mol. The van der Waals surface area contributed by atoms with Gasteiger partial charge in [-0.15, -0.1) is 0 Å². The van der Waals surface area contributed by atoms with E-state index in [0.717, 1.165) is 6.42 Å². The quantitative estimate of drug-likeness (QED) is 0.675. The molecule has 0 aliphatic rings. The number of hydrogen-bond donors (Lipinski definition) is 1. The van der Waals surface area contributed by atoms with E-state index in [1.165, 1.54) is 0 Å². The molecule has 5 heteroatoms. The van der Waals surface area contributed by atoms with E-state index in [1.54, 1.807) is 7.11 Å². The molecule has 0 aromatic rings. The third kappa shape index (κ3) is 10.0. The van der Waals surface area contributed by atoms with Crippen molar-refractivity contribution in [3.63, 3.8) is 0 Å². The molecule has 0 aromatic carbocycles. The molecule has 92 valence electrons. The molecule has 0 amide bonds. The predicted molar refractivity (Wildman–Crippen MR) is 53.8 cm³/mol. The molecule has 0 unspecified atom stereocenters. The average Bonchev–Trinajstić information content (AvgIpc) is 2.08. The molecule has 0 heterocycles. The van der Waals surface area contributed by atoms with Crippen LogP contribution in [0.3, 0.4) is 0 Å². The van der Waals surface area contributed by atoms with Crippen molar-refractivity contribution >= 4 is 0 Å². The fourth-order valence-electron chi connectivity index (χ4n) is 1.12. The Balaban J connectivity index is 3.57. The Hall–Kier alpha value is -0.290. The summed E-state index contributed by atoms with van der Waals surface area (Å²) in [6.07, 6.45) is -4.00. The molecule has 0 radical (unpaired) electrons. The second kappa shape index (κ2) is 6.33. The normalized spacial score (nSPS) is 13.2. The fourth-order valence-corrected chi connectivity index (χ4v) is 1.12. The van der Waals surface area contributed by atoms with Crippen molar-refractivity contribution in [1.82, 2.24) is 5.32 Å². The summed E-state index contributed by atoms with van der Waals surface area (Å²) < 4.78 is 40.4. The van der Waals surface area contributed by atoms with Crippen LogP contribution in [-0.4, -0.2) is 33.0 Å². The Morgan fingerprint density at radius 3 is 2.20 bits per heavy atom. The first kappa shape index (κ1) is 14.7. The molecular weight excluding hydrogens is 207 g/mol. The van der Waals surface area contributed by atoms with Gasteiger partial charge in [-0.05, 0) is 11.8 Å². The van der Waals surface area contributed by atoms with E-state index in [9.17, 15) is 13.2 Å². The second-order valence-electron chi connectivity index (χ2n) is 4.45. The van der Waals surface area contributed by atoms with Gasteiger partial charge in [0.05, 0.1) is 6.42 Å². The summed E-state index contributed by atoms with van der Waals surface area (Å²) in [5, 5.41) is 2.82. The van der Waals surface area contributed by atoms with Crippen LogP contribution in [0.2, 0.25) is 0 Å². The average molecular weight is 227 g/mol. The van der Waals surface area contributed by atoms with Crippen molar-refractivity contribution in [3.05, 3.63) is 0 Å². The van der Waals surface area contributed by atoms with Crippen LogP contribution in [0, 0.1) is 5.41 Å². The van der Waals surface area contributed by atoms with Crippen LogP contribution in [-0.2, 0) is 4.74 Å². The molecule has 1 N–H and O–H groups in total. The SMILES string of the molecule is COCCC(C)(C)CNCCC(F)(F)F. The number of hydrogen-bond acceptors (Lipinski definition) is 2. The first-order valence-electron chi connectivity index (χ1n) is 5.03. The topological polar surface area (TPSA) is 21.3 Å². The van der Waals surface area contributed by atoms with Crippen molar-refractivity contribution in [2.24, 2.45) is 5.41 Å². The van der Waals surface area contributed by atoms with Gasteiger partial charge >= 0.3 is 6.18 Å². The van der Waals surface area contributed by atoms with Gasteiger partial charge in [0.15, 0.2) is 0 Å². The van der Waals surface area contributed by atoms with Gasteiger partial charge in [0, 0.05) is 26.8 Å². The molecule has 0 rings (SSSR count). The highest BCUT2D eigenvalue weighted by Crippen LogP contribution is 2.20. The van der Waals surface area contributed by atoms with E-state index in [1.807, 2.05) is 13.8 Å². The minimum atomic E-state index is -4.07. The number of methoxy groups -OCH3 is 1. The third-order valence-electron chi connectivity index (χ3n) is 2.17. The Morgan fingerprint density at radius 2 is 1.73 bits per heavy atom. The van der Waals surface area contributed by atoms with E-state index in [2.05, 4.69) is 5.32 Å². The van der Waals surface area contributed by atoms with Crippen molar-refractivity contribution in [1.29, 1.82) is 0 Å². The van der Waals surface area contributed by atoms with Crippen molar-refractivity contribution < 1.29 is 17.9 Å². The highest BCUT2D eigenvalue weighted by molar-refractivity contribution is 4.71. The first-order valence-corrected chi connectivity index (χ1v) is 5.03. The maximum Gasteiger partial charge on any atom is 0.390 e. The lowest BCUT2D eigenvalue weighted by atomic mass is 9.90. The third-order valence-corrected chi connectivity index (χ3v) is 2.17. The Morgan fingerprint density at radius 1 is 1.13 bits per heavy atom. The van der Waals surface area contributed by atoms with Gasteiger partial charge in [-0.1, -0.05) is 13.8 Å². The van der Waals surface area contributed by atoms with Crippen LogP contribution in [0.4, 0.5) is 13.2 Å². The number of alkyl halides is 3. The largest absolute Gasteiger partial charge is 0.390 e. The molecule has 15 heavy (non-hydrogen) atoms. The summed E-state index contributed by atoms with van der Waals surface area (Å²) >= 11 is 0. The van der Waals surface area contributed by atoms with Crippen LogP contribution >= 0.6 is 0 Å². The minimum Gasteiger partial charge on any atom is -0.385 e. The molecule has 0 fully saturated rings. The van der Waals surface area contributed by atoms with Gasteiger partial charge < -0.3 is 10.1 Å². The lowest BCUT2D eigenvalue weighted by Gasteiger charge is -2.24.